The molecule has 0 fully saturated rings. The van der Waals surface area contributed by atoms with Gasteiger partial charge in [-0.25, -0.2) is 4.98 Å². The SMILES string of the molecule is N#Cc1cnc(CC(=O)CCCOc2ccccc2)s1. The standard InChI is InChI=1S/C15H14N2O2S/c16-10-14-11-17-15(20-14)9-12(18)5-4-8-19-13-6-2-1-3-7-13/h1-3,6-7,11H,4-5,8-9H2. The Bertz CT molecular complexity index is 602. The first-order valence-electron chi connectivity index (χ1n) is 6.32. The Balaban J connectivity index is 1.67. The van der Waals surface area contributed by atoms with Crippen molar-refractivity contribution in [2.75, 3.05) is 6.61 Å². The lowest BCUT2D eigenvalue weighted by atomic mass is 10.2. The van der Waals surface area contributed by atoms with Crippen LogP contribution in [0.15, 0.2) is 36.5 Å². The maximum absolute atomic E-state index is 11.7. The van der Waals surface area contributed by atoms with E-state index in [1.807, 2.05) is 36.4 Å². The van der Waals surface area contributed by atoms with E-state index in [0.29, 0.717) is 35.8 Å². The van der Waals surface area contributed by atoms with Crippen LogP contribution in [0.4, 0.5) is 0 Å². The third-order valence-corrected chi connectivity index (χ3v) is 3.53. The van der Waals surface area contributed by atoms with E-state index >= 15 is 0 Å². The molecule has 0 N–H and O–H groups in total. The number of nitrogens with zero attached hydrogens (tertiary/aromatic N) is 2. The molecular formula is C15H14N2O2S. The molecule has 102 valence electrons. The van der Waals surface area contributed by atoms with Crippen LogP contribution >= 0.6 is 11.3 Å². The Labute approximate surface area is 121 Å². The van der Waals surface area contributed by atoms with Crippen LogP contribution in [-0.2, 0) is 11.2 Å². The molecule has 4 nitrogen and oxygen atoms in total. The predicted molar refractivity (Wildman–Crippen MR) is 76.7 cm³/mol. The maximum atomic E-state index is 11.7. The van der Waals surface area contributed by atoms with Crippen LogP contribution in [0.2, 0.25) is 0 Å². The summed E-state index contributed by atoms with van der Waals surface area (Å²) in [5.74, 6) is 0.944. The van der Waals surface area contributed by atoms with E-state index in [2.05, 4.69) is 4.98 Å². The number of rotatable bonds is 7. The summed E-state index contributed by atoms with van der Waals surface area (Å²) in [6, 6.07) is 11.6. The number of nitriles is 1. The highest BCUT2D eigenvalue weighted by molar-refractivity contribution is 7.12. The third-order valence-electron chi connectivity index (χ3n) is 2.62. The van der Waals surface area contributed by atoms with Crippen molar-refractivity contribution >= 4 is 17.1 Å². The number of carbonyl (C=O) groups is 1. The highest BCUT2D eigenvalue weighted by Crippen LogP contribution is 2.13. The van der Waals surface area contributed by atoms with Gasteiger partial charge in [0, 0.05) is 6.42 Å². The summed E-state index contributed by atoms with van der Waals surface area (Å²) in [6.45, 7) is 0.525. The molecule has 0 saturated heterocycles. The van der Waals surface area contributed by atoms with Crippen molar-refractivity contribution in [3.05, 3.63) is 46.4 Å². The molecule has 0 aliphatic heterocycles. The number of thiazole rings is 1. The van der Waals surface area contributed by atoms with E-state index in [9.17, 15) is 4.79 Å². The molecule has 1 heterocycles. The summed E-state index contributed by atoms with van der Waals surface area (Å²) < 4.78 is 5.52. The zero-order valence-electron chi connectivity index (χ0n) is 10.9. The predicted octanol–water partition coefficient (Wildman–Crippen LogP) is 2.99. The number of ketones is 1. The first-order chi connectivity index (χ1) is 9.78. The van der Waals surface area contributed by atoms with Crippen LogP contribution < -0.4 is 4.74 Å². The molecule has 1 aromatic carbocycles. The highest BCUT2D eigenvalue weighted by atomic mass is 32.1. The number of carbonyl (C=O) groups excluding carboxylic acids is 1. The Hall–Kier alpha value is -2.19. The average Bonchev–Trinajstić information content (AvgIpc) is 2.92. The van der Waals surface area contributed by atoms with Crippen LogP contribution in [0.5, 0.6) is 5.75 Å². The molecule has 1 aromatic heterocycles. The molecule has 20 heavy (non-hydrogen) atoms. The number of aromatic nitrogens is 1. The van der Waals surface area contributed by atoms with Crippen molar-refractivity contribution < 1.29 is 9.53 Å². The zero-order valence-corrected chi connectivity index (χ0v) is 11.7. The van der Waals surface area contributed by atoms with Crippen molar-refractivity contribution in [1.29, 1.82) is 5.26 Å². The minimum Gasteiger partial charge on any atom is -0.494 e. The topological polar surface area (TPSA) is 63.0 Å². The maximum Gasteiger partial charge on any atom is 0.139 e. The van der Waals surface area contributed by atoms with E-state index in [0.717, 1.165) is 5.75 Å². The summed E-state index contributed by atoms with van der Waals surface area (Å²) in [6.07, 6.45) is 2.96. The fourth-order valence-electron chi connectivity index (χ4n) is 1.68. The summed E-state index contributed by atoms with van der Waals surface area (Å²) in [7, 11) is 0. The van der Waals surface area contributed by atoms with E-state index in [4.69, 9.17) is 10.00 Å². The van der Waals surface area contributed by atoms with E-state index in [1.165, 1.54) is 17.5 Å². The van der Waals surface area contributed by atoms with Gasteiger partial charge in [0.25, 0.3) is 0 Å². The fourth-order valence-corrected chi connectivity index (χ4v) is 2.42. The van der Waals surface area contributed by atoms with Gasteiger partial charge in [0.05, 0.1) is 19.2 Å². The van der Waals surface area contributed by atoms with Gasteiger partial charge in [-0.05, 0) is 18.6 Å². The van der Waals surface area contributed by atoms with E-state index in [1.54, 1.807) is 0 Å². The molecule has 0 spiro atoms. The quantitative estimate of drug-likeness (QED) is 0.734. The Kier molecular flexibility index (Phi) is 5.27. The molecule has 0 amide bonds. The van der Waals surface area contributed by atoms with Gasteiger partial charge in [-0.1, -0.05) is 18.2 Å². The molecule has 2 rings (SSSR count). The second-order valence-corrected chi connectivity index (χ2v) is 5.33. The van der Waals surface area contributed by atoms with Crippen molar-refractivity contribution in [1.82, 2.24) is 4.98 Å². The summed E-state index contributed by atoms with van der Waals surface area (Å²) >= 11 is 1.27. The van der Waals surface area contributed by atoms with Crippen molar-refractivity contribution in [2.45, 2.75) is 19.3 Å². The van der Waals surface area contributed by atoms with Crippen LogP contribution in [0.3, 0.4) is 0 Å². The largest absolute Gasteiger partial charge is 0.494 e. The number of hydrogen-bond acceptors (Lipinski definition) is 5. The van der Waals surface area contributed by atoms with Gasteiger partial charge in [0.2, 0.25) is 0 Å². The number of ether oxygens (including phenoxy) is 1. The van der Waals surface area contributed by atoms with Gasteiger partial charge in [0.15, 0.2) is 0 Å². The normalized spacial score (nSPS) is 9.95. The fraction of sp³-hybridized carbons (Fsp3) is 0.267. The first kappa shape index (κ1) is 14.2. The molecule has 2 aromatic rings. The summed E-state index contributed by atoms with van der Waals surface area (Å²) in [4.78, 5) is 16.3. The van der Waals surface area contributed by atoms with Gasteiger partial charge in [-0.2, -0.15) is 5.26 Å². The van der Waals surface area contributed by atoms with Crippen molar-refractivity contribution in [3.63, 3.8) is 0 Å². The van der Waals surface area contributed by atoms with Crippen molar-refractivity contribution in [3.8, 4) is 11.8 Å². The molecule has 0 atom stereocenters. The smallest absolute Gasteiger partial charge is 0.139 e. The van der Waals surface area contributed by atoms with Gasteiger partial charge >= 0.3 is 0 Å². The van der Waals surface area contributed by atoms with E-state index < -0.39 is 0 Å². The van der Waals surface area contributed by atoms with E-state index in [-0.39, 0.29) is 5.78 Å². The minimum absolute atomic E-state index is 0.125. The van der Waals surface area contributed by atoms with Gasteiger partial charge in [-0.15, -0.1) is 11.3 Å². The molecule has 0 radical (unpaired) electrons. The average molecular weight is 286 g/mol. The number of para-hydroxylation sites is 1. The van der Waals surface area contributed by atoms with Gasteiger partial charge in [0.1, 0.15) is 27.5 Å². The van der Waals surface area contributed by atoms with Gasteiger partial charge in [-0.3, -0.25) is 4.79 Å². The van der Waals surface area contributed by atoms with Crippen LogP contribution in [0.25, 0.3) is 0 Å². The molecule has 0 unspecified atom stereocenters. The van der Waals surface area contributed by atoms with Crippen molar-refractivity contribution in [2.24, 2.45) is 0 Å². The molecular weight excluding hydrogens is 272 g/mol. The zero-order chi connectivity index (χ0) is 14.2. The molecule has 0 saturated carbocycles. The van der Waals surface area contributed by atoms with Crippen LogP contribution in [-0.4, -0.2) is 17.4 Å². The van der Waals surface area contributed by atoms with Crippen LogP contribution in [0, 0.1) is 11.3 Å². The lowest BCUT2D eigenvalue weighted by molar-refractivity contribution is -0.118. The lowest BCUT2D eigenvalue weighted by Crippen LogP contribution is -2.05. The van der Waals surface area contributed by atoms with Gasteiger partial charge < -0.3 is 4.74 Å². The first-order valence-corrected chi connectivity index (χ1v) is 7.14. The summed E-state index contributed by atoms with van der Waals surface area (Å²) in [5.41, 5.74) is 0. The summed E-state index contributed by atoms with van der Waals surface area (Å²) in [5, 5.41) is 9.39. The second-order valence-electron chi connectivity index (χ2n) is 4.21. The molecule has 5 heteroatoms. The minimum atomic E-state index is 0.125. The Morgan fingerprint density at radius 2 is 2.15 bits per heavy atom. The molecule has 0 aliphatic rings. The number of Topliss-reactive ketones (excluding diaryl/α,β-unsaturated/α-hetero) is 1. The second kappa shape index (κ2) is 7.41. The molecule has 0 aliphatic carbocycles. The monoisotopic (exact) mass is 286 g/mol. The number of benzene rings is 1. The Morgan fingerprint density at radius 1 is 1.35 bits per heavy atom. The highest BCUT2D eigenvalue weighted by Gasteiger charge is 2.08. The van der Waals surface area contributed by atoms with Crippen LogP contribution in [0.1, 0.15) is 22.7 Å². The Morgan fingerprint density at radius 3 is 2.85 bits per heavy atom. The molecule has 0 bridgehead atoms. The third kappa shape index (κ3) is 4.48. The number of hydrogen-bond donors (Lipinski definition) is 0. The lowest BCUT2D eigenvalue weighted by Gasteiger charge is -2.04.